The van der Waals surface area contributed by atoms with Crippen molar-refractivity contribution in [2.24, 2.45) is 4.99 Å². The highest BCUT2D eigenvalue weighted by Crippen LogP contribution is 2.27. The number of nitrogens with zero attached hydrogens (tertiary/aromatic N) is 5. The van der Waals surface area contributed by atoms with E-state index in [1.165, 1.54) is 0 Å². The molecule has 0 saturated heterocycles. The van der Waals surface area contributed by atoms with Crippen molar-refractivity contribution in [1.82, 2.24) is 19.9 Å². The molecule has 3 heterocycles. The van der Waals surface area contributed by atoms with E-state index in [9.17, 15) is 0 Å². The summed E-state index contributed by atoms with van der Waals surface area (Å²) in [4.78, 5) is 20.6. The Morgan fingerprint density at radius 1 is 0.857 bits per heavy atom. The molecule has 0 atom stereocenters. The number of rotatable bonds is 8. The van der Waals surface area contributed by atoms with Crippen molar-refractivity contribution < 1.29 is 0 Å². The molecule has 0 fully saturated rings. The van der Waals surface area contributed by atoms with Crippen LogP contribution in [0.2, 0.25) is 0 Å². The zero-order chi connectivity index (χ0) is 19.6. The Morgan fingerprint density at radius 2 is 1.43 bits per heavy atom. The van der Waals surface area contributed by atoms with Crippen LogP contribution in [-0.4, -0.2) is 26.1 Å². The maximum atomic E-state index is 4.66. The Morgan fingerprint density at radius 3 is 1.86 bits per heavy atom. The van der Waals surface area contributed by atoms with Crippen molar-refractivity contribution in [2.75, 3.05) is 0 Å². The topological polar surface area (TPSA) is 54.3 Å². The third-order valence-electron chi connectivity index (χ3n) is 4.27. The average molecular weight is 371 g/mol. The van der Waals surface area contributed by atoms with Crippen molar-refractivity contribution >= 4 is 11.9 Å². The maximum Gasteiger partial charge on any atom is 0.0882 e. The van der Waals surface area contributed by atoms with Crippen LogP contribution in [0.1, 0.15) is 37.4 Å². The van der Waals surface area contributed by atoms with E-state index in [0.29, 0.717) is 13.1 Å². The molecule has 0 spiro atoms. The predicted molar refractivity (Wildman–Crippen MR) is 113 cm³/mol. The van der Waals surface area contributed by atoms with Gasteiger partial charge in [0.15, 0.2) is 0 Å². The van der Waals surface area contributed by atoms with Crippen LogP contribution in [0, 0.1) is 0 Å². The number of hydrogen-bond donors (Lipinski definition) is 0. The molecule has 0 bridgehead atoms. The molecule has 28 heavy (non-hydrogen) atoms. The first-order valence-electron chi connectivity index (χ1n) is 9.49. The summed E-state index contributed by atoms with van der Waals surface area (Å²) in [6.45, 7) is 5.34. The normalized spacial score (nSPS) is 12.1. The Labute approximate surface area is 166 Å². The van der Waals surface area contributed by atoms with Gasteiger partial charge in [0.2, 0.25) is 0 Å². The van der Waals surface area contributed by atoms with Crippen molar-refractivity contribution in [1.29, 1.82) is 0 Å². The van der Waals surface area contributed by atoms with Gasteiger partial charge in [0.1, 0.15) is 0 Å². The molecule has 142 valence electrons. The Kier molecular flexibility index (Phi) is 7.01. The minimum absolute atomic E-state index is 0.645. The minimum Gasteiger partial charge on any atom is -0.357 e. The quantitative estimate of drug-likeness (QED) is 0.537. The van der Waals surface area contributed by atoms with E-state index < -0.39 is 0 Å². The smallest absolute Gasteiger partial charge is 0.0882 e. The molecule has 0 saturated carbocycles. The van der Waals surface area contributed by atoms with E-state index >= 15 is 0 Å². The molecular formula is C23H25N5. The van der Waals surface area contributed by atoms with Gasteiger partial charge >= 0.3 is 0 Å². The number of allylic oxidation sites excluding steroid dienone is 1. The summed E-state index contributed by atoms with van der Waals surface area (Å²) in [5, 5.41) is 0. The van der Waals surface area contributed by atoms with Crippen LogP contribution in [0.5, 0.6) is 0 Å². The summed E-state index contributed by atoms with van der Waals surface area (Å²) < 4.78 is 0. The average Bonchev–Trinajstić information content (AvgIpc) is 2.75. The lowest BCUT2D eigenvalue weighted by Gasteiger charge is -2.28. The molecule has 0 unspecified atom stereocenters. The van der Waals surface area contributed by atoms with Crippen molar-refractivity contribution in [2.45, 2.75) is 33.4 Å². The van der Waals surface area contributed by atoms with Gasteiger partial charge in [-0.15, -0.1) is 0 Å². The first-order chi connectivity index (χ1) is 13.8. The van der Waals surface area contributed by atoms with Crippen LogP contribution < -0.4 is 0 Å². The second kappa shape index (κ2) is 10.1. The molecule has 3 aromatic rings. The molecule has 0 radical (unpaired) electrons. The van der Waals surface area contributed by atoms with Crippen LogP contribution >= 0.6 is 0 Å². The molecule has 3 rings (SSSR count). The van der Waals surface area contributed by atoms with Gasteiger partial charge in [0.05, 0.1) is 41.6 Å². The van der Waals surface area contributed by atoms with Crippen LogP contribution in [0.25, 0.3) is 5.70 Å². The first kappa shape index (κ1) is 19.4. The summed E-state index contributed by atoms with van der Waals surface area (Å²) in [5.74, 6) is 0. The van der Waals surface area contributed by atoms with Gasteiger partial charge in [0.25, 0.3) is 0 Å². The number of hydrogen-bond acceptors (Lipinski definition) is 5. The highest BCUT2D eigenvalue weighted by Gasteiger charge is 2.19. The van der Waals surface area contributed by atoms with Crippen LogP contribution in [-0.2, 0) is 13.1 Å². The number of pyridine rings is 3. The van der Waals surface area contributed by atoms with Crippen molar-refractivity contribution in [3.05, 3.63) is 96.0 Å². The largest absolute Gasteiger partial charge is 0.357 e. The minimum atomic E-state index is 0.645. The van der Waals surface area contributed by atoms with Gasteiger partial charge in [-0.1, -0.05) is 25.1 Å². The molecule has 5 nitrogen and oxygen atoms in total. The van der Waals surface area contributed by atoms with E-state index in [0.717, 1.165) is 34.9 Å². The first-order valence-corrected chi connectivity index (χ1v) is 9.49. The summed E-state index contributed by atoms with van der Waals surface area (Å²) >= 11 is 0. The van der Waals surface area contributed by atoms with E-state index in [4.69, 9.17) is 0 Å². The van der Waals surface area contributed by atoms with Gasteiger partial charge in [-0.05, 0) is 49.7 Å². The summed E-state index contributed by atoms with van der Waals surface area (Å²) in [7, 11) is 0. The van der Waals surface area contributed by atoms with Gasteiger partial charge in [0, 0.05) is 24.8 Å². The van der Waals surface area contributed by atoms with Crippen LogP contribution in [0.4, 0.5) is 0 Å². The fourth-order valence-corrected chi connectivity index (χ4v) is 3.06. The molecule has 0 aliphatic rings. The number of aromatic nitrogens is 3. The highest BCUT2D eigenvalue weighted by molar-refractivity contribution is 5.67. The zero-order valence-electron chi connectivity index (χ0n) is 16.4. The molecular weight excluding hydrogens is 346 g/mol. The molecule has 5 heteroatoms. The zero-order valence-corrected chi connectivity index (χ0v) is 16.4. The van der Waals surface area contributed by atoms with Crippen molar-refractivity contribution in [3.63, 3.8) is 0 Å². The van der Waals surface area contributed by atoms with E-state index in [1.807, 2.05) is 86.3 Å². The van der Waals surface area contributed by atoms with Gasteiger partial charge < -0.3 is 4.90 Å². The Balaban J connectivity index is 2.09. The monoisotopic (exact) mass is 371 g/mol. The van der Waals surface area contributed by atoms with Gasteiger partial charge in [-0.3, -0.25) is 19.9 Å². The fourth-order valence-electron chi connectivity index (χ4n) is 3.06. The fraction of sp³-hybridized carbons (Fsp3) is 0.217. The third kappa shape index (κ3) is 5.10. The lowest BCUT2D eigenvalue weighted by molar-refractivity contribution is 0.369. The summed E-state index contributed by atoms with van der Waals surface area (Å²) in [5.41, 5.74) is 4.88. The molecule has 0 aromatic carbocycles. The maximum absolute atomic E-state index is 4.66. The lowest BCUT2D eigenvalue weighted by Crippen LogP contribution is -2.24. The van der Waals surface area contributed by atoms with Crippen molar-refractivity contribution in [3.8, 4) is 0 Å². The van der Waals surface area contributed by atoms with Crippen LogP contribution in [0.15, 0.2) is 83.9 Å². The Bertz CT molecular complexity index is 864. The number of aliphatic imine (C=N–C) groups is 1. The highest BCUT2D eigenvalue weighted by atomic mass is 15.2. The van der Waals surface area contributed by atoms with Crippen LogP contribution in [0.3, 0.4) is 0 Å². The van der Waals surface area contributed by atoms with Gasteiger partial charge in [-0.25, -0.2) is 0 Å². The standard InChI is InChI=1S/C23H25N5/c1-3-21(24-4-2)23(22-13-7-10-16-27-22)28(17-19-11-5-8-14-25-19)18-20-12-6-9-15-26-20/h4-16H,3,17-18H2,1-2H3/b23-21+,24-4?. The van der Waals surface area contributed by atoms with E-state index in [2.05, 4.69) is 31.8 Å². The molecule has 0 aliphatic carbocycles. The molecule has 0 amide bonds. The Hall–Kier alpha value is -3.34. The second-order valence-electron chi connectivity index (χ2n) is 6.25. The SMILES string of the molecule is CC=N/C(CC)=C(\c1ccccn1)N(Cc1ccccn1)Cc1ccccn1. The second-order valence-corrected chi connectivity index (χ2v) is 6.25. The molecule has 0 N–H and O–H groups in total. The van der Waals surface area contributed by atoms with E-state index in [1.54, 1.807) is 0 Å². The predicted octanol–water partition coefficient (Wildman–Crippen LogP) is 4.74. The molecule has 3 aromatic heterocycles. The summed E-state index contributed by atoms with van der Waals surface area (Å²) in [6.07, 6.45) is 8.10. The van der Waals surface area contributed by atoms with E-state index in [-0.39, 0.29) is 0 Å². The lowest BCUT2D eigenvalue weighted by atomic mass is 10.1. The molecule has 0 aliphatic heterocycles. The van der Waals surface area contributed by atoms with Gasteiger partial charge in [-0.2, -0.15) is 0 Å². The summed E-state index contributed by atoms with van der Waals surface area (Å²) in [6, 6.07) is 17.9. The third-order valence-corrected chi connectivity index (χ3v) is 4.27.